The Bertz CT molecular complexity index is 1610. The van der Waals surface area contributed by atoms with Crippen LogP contribution in [0.5, 0.6) is 11.5 Å². The molecule has 3 aromatic carbocycles. The number of aromatic amines is 1. The molecule has 4 atom stereocenters. The third kappa shape index (κ3) is 5.94. The van der Waals surface area contributed by atoms with Crippen LogP contribution in [0.1, 0.15) is 41.3 Å². The predicted octanol–water partition coefficient (Wildman–Crippen LogP) is 5.55. The Balaban J connectivity index is 1.67. The summed E-state index contributed by atoms with van der Waals surface area (Å²) in [5.41, 5.74) is 1.49. The highest BCUT2D eigenvalue weighted by Crippen LogP contribution is 2.48. The van der Waals surface area contributed by atoms with E-state index in [4.69, 9.17) is 18.7 Å². The first-order valence-corrected chi connectivity index (χ1v) is 15.7. The highest BCUT2D eigenvalue weighted by atomic mass is 32.7. The highest BCUT2D eigenvalue weighted by Gasteiger charge is 2.48. The number of hydrogen-bond donors (Lipinski definition) is 2. The Hall–Kier alpha value is -3.69. The Morgan fingerprint density at radius 2 is 1.48 bits per heavy atom. The van der Waals surface area contributed by atoms with Gasteiger partial charge in [-0.15, -0.1) is 4.52 Å². The molecule has 1 N–H and O–H groups in total. The molecule has 9 nitrogen and oxygen atoms in total. The minimum absolute atomic E-state index is 0.230. The van der Waals surface area contributed by atoms with Crippen LogP contribution in [0.3, 0.4) is 0 Å². The summed E-state index contributed by atoms with van der Waals surface area (Å²) < 4.78 is 36.9. The molecule has 5 rings (SSSR count). The SMILES string of the molecule is COc1ccc(C(C[C@H]2O[C@@H](n3cc(C)c(=O)[nH]c3=O)CC2O[P+](=O)S)(c2ccccc2)c2ccc(OC)cc2)cc1. The molecule has 1 aliphatic rings. The lowest BCUT2D eigenvalue weighted by atomic mass is 9.66. The largest absolute Gasteiger partial charge is 0.582 e. The van der Waals surface area contributed by atoms with E-state index in [-0.39, 0.29) is 6.42 Å². The van der Waals surface area contributed by atoms with Gasteiger partial charge in [0, 0.05) is 23.6 Å². The first kappa shape index (κ1) is 29.8. The van der Waals surface area contributed by atoms with Crippen molar-refractivity contribution in [3.05, 3.63) is 128 Å². The van der Waals surface area contributed by atoms with Crippen LogP contribution >= 0.6 is 19.5 Å². The van der Waals surface area contributed by atoms with Crippen molar-refractivity contribution >= 4 is 19.5 Å². The zero-order chi connectivity index (χ0) is 29.9. The highest BCUT2D eigenvalue weighted by molar-refractivity contribution is 8.39. The minimum atomic E-state index is -2.28. The van der Waals surface area contributed by atoms with Crippen LogP contribution in [-0.4, -0.2) is 36.0 Å². The lowest BCUT2D eigenvalue weighted by molar-refractivity contribution is -0.0252. The minimum Gasteiger partial charge on any atom is -0.497 e. The molecule has 0 spiro atoms. The summed E-state index contributed by atoms with van der Waals surface area (Å²) in [6.07, 6.45) is 0.0354. The quantitative estimate of drug-likeness (QED) is 0.138. The summed E-state index contributed by atoms with van der Waals surface area (Å²) >= 11 is 4.03. The molecule has 1 aliphatic heterocycles. The van der Waals surface area contributed by atoms with Crippen LogP contribution in [0.25, 0.3) is 0 Å². The van der Waals surface area contributed by atoms with E-state index in [0.717, 1.165) is 16.7 Å². The van der Waals surface area contributed by atoms with Gasteiger partial charge in [-0.3, -0.25) is 14.3 Å². The molecule has 218 valence electrons. The van der Waals surface area contributed by atoms with Crippen LogP contribution in [0.2, 0.25) is 0 Å². The van der Waals surface area contributed by atoms with Crippen molar-refractivity contribution in [2.45, 2.75) is 43.6 Å². The Morgan fingerprint density at radius 3 is 2.00 bits per heavy atom. The predicted molar refractivity (Wildman–Crippen MR) is 163 cm³/mol. The molecular formula is C31H32N2O7PS+. The van der Waals surface area contributed by atoms with Crippen LogP contribution < -0.4 is 20.7 Å². The number of nitrogens with zero attached hydrogens (tertiary/aromatic N) is 1. The summed E-state index contributed by atoms with van der Waals surface area (Å²) in [5, 5.41) is 0. The van der Waals surface area contributed by atoms with E-state index in [1.54, 1.807) is 21.1 Å². The van der Waals surface area contributed by atoms with E-state index < -0.39 is 42.3 Å². The van der Waals surface area contributed by atoms with Gasteiger partial charge in [0.1, 0.15) is 36.1 Å². The van der Waals surface area contributed by atoms with Gasteiger partial charge in [0.05, 0.1) is 20.3 Å². The molecule has 1 saturated heterocycles. The molecule has 0 saturated carbocycles. The van der Waals surface area contributed by atoms with Crippen molar-refractivity contribution in [2.75, 3.05) is 14.2 Å². The molecule has 11 heteroatoms. The fourth-order valence-corrected chi connectivity index (χ4v) is 6.53. The summed E-state index contributed by atoms with van der Waals surface area (Å²) in [7, 11) is 0.966. The van der Waals surface area contributed by atoms with Crippen LogP contribution in [0, 0.1) is 6.92 Å². The van der Waals surface area contributed by atoms with Crippen molar-refractivity contribution in [2.24, 2.45) is 0 Å². The molecule has 0 amide bonds. The van der Waals surface area contributed by atoms with Gasteiger partial charge in [-0.25, -0.2) is 4.79 Å². The van der Waals surface area contributed by atoms with E-state index in [0.29, 0.717) is 23.5 Å². The Kier molecular flexibility index (Phi) is 8.99. The van der Waals surface area contributed by atoms with Gasteiger partial charge in [0.2, 0.25) is 0 Å². The fraction of sp³-hybridized carbons (Fsp3) is 0.290. The molecule has 0 radical (unpaired) electrons. The first-order chi connectivity index (χ1) is 20.2. The number of aryl methyl sites for hydroxylation is 1. The van der Waals surface area contributed by atoms with E-state index in [9.17, 15) is 14.2 Å². The topological polar surface area (TPSA) is 109 Å². The standard InChI is InChI=1S/C31H31N2O7PS/c1-20-19-33(30(35)32-29(20)34)28-17-26(40-41(36)42)27(39-28)18-31(21-7-5-4-6-8-21,22-9-13-24(37-2)14-10-22)23-11-15-25(38-3)16-12-23/h4-16,19,26-28H,17-18H2,1-3H3,(H-,32,34,35,36,42)/p+1/t26?,27-,28-/m1/s1. The normalized spacial score (nSPS) is 19.0. The number of thiol groups is 1. The number of H-pyrrole nitrogens is 1. The zero-order valence-corrected chi connectivity index (χ0v) is 25.2. The number of rotatable bonds is 10. The second kappa shape index (κ2) is 12.7. The molecule has 42 heavy (non-hydrogen) atoms. The van der Waals surface area contributed by atoms with Gasteiger partial charge in [0.15, 0.2) is 0 Å². The summed E-state index contributed by atoms with van der Waals surface area (Å²) in [6, 6.07) is 25.8. The van der Waals surface area contributed by atoms with Gasteiger partial charge in [-0.1, -0.05) is 54.6 Å². The Labute approximate surface area is 249 Å². The average Bonchev–Trinajstić information content (AvgIpc) is 3.39. The molecule has 2 heterocycles. The van der Waals surface area contributed by atoms with Crippen molar-refractivity contribution in [3.63, 3.8) is 0 Å². The van der Waals surface area contributed by atoms with Crippen molar-refractivity contribution in [1.29, 1.82) is 0 Å². The van der Waals surface area contributed by atoms with E-state index in [1.165, 1.54) is 10.8 Å². The molecule has 1 aromatic heterocycles. The number of hydrogen-bond acceptors (Lipinski definition) is 7. The van der Waals surface area contributed by atoms with Crippen LogP contribution in [-0.2, 0) is 19.2 Å². The van der Waals surface area contributed by atoms with Crippen molar-refractivity contribution < 1.29 is 23.3 Å². The van der Waals surface area contributed by atoms with Gasteiger partial charge in [0.25, 0.3) is 5.56 Å². The van der Waals surface area contributed by atoms with Gasteiger partial charge >= 0.3 is 12.9 Å². The van der Waals surface area contributed by atoms with Gasteiger partial charge in [-0.2, -0.15) is 0 Å². The number of ether oxygens (including phenoxy) is 3. The number of aromatic nitrogens is 2. The fourth-order valence-electron chi connectivity index (χ4n) is 5.71. The number of methoxy groups -OCH3 is 2. The lowest BCUT2D eigenvalue weighted by Crippen LogP contribution is -2.38. The maximum Gasteiger partial charge on any atom is 0.582 e. The smallest absolute Gasteiger partial charge is 0.497 e. The monoisotopic (exact) mass is 607 g/mol. The van der Waals surface area contributed by atoms with Gasteiger partial charge in [-0.05, 0) is 58.9 Å². The first-order valence-electron chi connectivity index (χ1n) is 13.4. The van der Waals surface area contributed by atoms with E-state index >= 15 is 0 Å². The summed E-state index contributed by atoms with van der Waals surface area (Å²) in [6.45, 7) is 1.62. The Morgan fingerprint density at radius 1 is 0.929 bits per heavy atom. The second-order valence-corrected chi connectivity index (χ2v) is 11.8. The molecule has 4 aromatic rings. The van der Waals surface area contributed by atoms with E-state index in [1.807, 2.05) is 66.7 Å². The zero-order valence-electron chi connectivity index (χ0n) is 23.4. The van der Waals surface area contributed by atoms with Gasteiger partial charge < -0.3 is 14.2 Å². The number of nitrogens with one attached hydrogen (secondary N) is 1. The maximum atomic E-state index is 12.8. The van der Waals surface area contributed by atoms with Crippen molar-refractivity contribution in [1.82, 2.24) is 9.55 Å². The third-order valence-corrected chi connectivity index (χ3v) is 8.54. The van der Waals surface area contributed by atoms with Crippen molar-refractivity contribution in [3.8, 4) is 11.5 Å². The van der Waals surface area contributed by atoms with Crippen LogP contribution in [0.4, 0.5) is 0 Å². The summed E-state index contributed by atoms with van der Waals surface area (Å²) in [5.74, 6) is 1.43. The maximum absolute atomic E-state index is 12.8. The summed E-state index contributed by atoms with van der Waals surface area (Å²) in [4.78, 5) is 27.1. The third-order valence-electron chi connectivity index (χ3n) is 7.80. The molecule has 0 aliphatic carbocycles. The molecule has 0 bridgehead atoms. The van der Waals surface area contributed by atoms with Crippen LogP contribution in [0.15, 0.2) is 94.6 Å². The average molecular weight is 608 g/mol. The second-order valence-electron chi connectivity index (χ2n) is 10.2. The molecular weight excluding hydrogens is 575 g/mol. The number of benzene rings is 3. The molecule has 1 fully saturated rings. The van der Waals surface area contributed by atoms with E-state index in [2.05, 4.69) is 29.4 Å². The lowest BCUT2D eigenvalue weighted by Gasteiger charge is -2.38. The molecule has 2 unspecified atom stereocenters.